The Morgan fingerprint density at radius 3 is 2.39 bits per heavy atom. The van der Waals surface area contributed by atoms with Crippen LogP contribution in [0.5, 0.6) is 0 Å². The van der Waals surface area contributed by atoms with Crippen molar-refractivity contribution in [2.45, 2.75) is 6.04 Å². The van der Waals surface area contributed by atoms with Crippen LogP contribution in [0.1, 0.15) is 17.4 Å². The Hall–Kier alpha value is -3.13. The zero-order chi connectivity index (χ0) is 16.4. The standard InChI is InChI=1S/C15H12FN5O2/c16-11-5-1-9(2-6-11)13(17)15-18-14(19-20-15)10-3-7-12(8-4-10)21(22)23/h1-8,13H,17H2,(H,18,19,20)/t13-/m0/s1. The molecule has 0 aliphatic carbocycles. The maximum absolute atomic E-state index is 12.9. The third-order valence-electron chi connectivity index (χ3n) is 3.36. The van der Waals surface area contributed by atoms with Gasteiger partial charge >= 0.3 is 0 Å². The molecule has 0 unspecified atom stereocenters. The summed E-state index contributed by atoms with van der Waals surface area (Å²) in [7, 11) is 0. The van der Waals surface area contributed by atoms with Gasteiger partial charge in [-0.2, -0.15) is 5.10 Å². The minimum atomic E-state index is -0.574. The number of nitrogens with two attached hydrogens (primary N) is 1. The predicted molar refractivity (Wildman–Crippen MR) is 80.9 cm³/mol. The smallest absolute Gasteiger partial charge is 0.269 e. The van der Waals surface area contributed by atoms with Crippen molar-refractivity contribution in [3.8, 4) is 11.4 Å². The van der Waals surface area contributed by atoms with E-state index in [0.29, 0.717) is 22.8 Å². The van der Waals surface area contributed by atoms with Crippen molar-refractivity contribution in [2.75, 3.05) is 0 Å². The molecule has 0 aliphatic heterocycles. The minimum absolute atomic E-state index is 0.00692. The van der Waals surface area contributed by atoms with Crippen LogP contribution in [0, 0.1) is 15.9 Å². The molecule has 0 saturated heterocycles. The van der Waals surface area contributed by atoms with E-state index in [-0.39, 0.29) is 11.5 Å². The van der Waals surface area contributed by atoms with E-state index in [0.717, 1.165) is 0 Å². The third-order valence-corrected chi connectivity index (χ3v) is 3.36. The highest BCUT2D eigenvalue weighted by Gasteiger charge is 2.15. The Morgan fingerprint density at radius 2 is 1.78 bits per heavy atom. The molecule has 3 aromatic rings. The molecular weight excluding hydrogens is 301 g/mol. The highest BCUT2D eigenvalue weighted by molar-refractivity contribution is 5.57. The lowest BCUT2D eigenvalue weighted by molar-refractivity contribution is -0.384. The second-order valence-electron chi connectivity index (χ2n) is 4.88. The summed E-state index contributed by atoms with van der Waals surface area (Å²) in [6, 6.07) is 11.1. The van der Waals surface area contributed by atoms with Crippen molar-refractivity contribution < 1.29 is 9.31 Å². The van der Waals surface area contributed by atoms with Crippen molar-refractivity contribution >= 4 is 5.69 Å². The van der Waals surface area contributed by atoms with Crippen molar-refractivity contribution in [1.29, 1.82) is 0 Å². The molecule has 116 valence electrons. The number of aromatic amines is 1. The van der Waals surface area contributed by atoms with Gasteiger partial charge in [0.2, 0.25) is 0 Å². The van der Waals surface area contributed by atoms with Crippen LogP contribution in [-0.2, 0) is 0 Å². The van der Waals surface area contributed by atoms with Gasteiger partial charge in [0.15, 0.2) is 5.82 Å². The second kappa shape index (κ2) is 5.93. The topological polar surface area (TPSA) is 111 Å². The number of halogens is 1. The van der Waals surface area contributed by atoms with Crippen LogP contribution in [0.4, 0.5) is 10.1 Å². The molecule has 0 fully saturated rings. The molecule has 0 amide bonds. The Morgan fingerprint density at radius 1 is 1.13 bits per heavy atom. The fourth-order valence-corrected chi connectivity index (χ4v) is 2.10. The van der Waals surface area contributed by atoms with Crippen LogP contribution in [0.2, 0.25) is 0 Å². The normalized spacial score (nSPS) is 12.1. The summed E-state index contributed by atoms with van der Waals surface area (Å²) >= 11 is 0. The summed E-state index contributed by atoms with van der Waals surface area (Å²) in [6.07, 6.45) is 0. The molecule has 3 rings (SSSR count). The van der Waals surface area contributed by atoms with E-state index < -0.39 is 11.0 Å². The van der Waals surface area contributed by atoms with Crippen LogP contribution >= 0.6 is 0 Å². The number of H-pyrrole nitrogens is 1. The second-order valence-corrected chi connectivity index (χ2v) is 4.88. The van der Waals surface area contributed by atoms with E-state index in [2.05, 4.69) is 15.2 Å². The maximum atomic E-state index is 12.9. The SMILES string of the molecule is N[C@@H](c1ccc(F)cc1)c1nc(-c2ccc([N+](=O)[O-])cc2)n[nH]1. The van der Waals surface area contributed by atoms with Gasteiger partial charge in [0.05, 0.1) is 11.0 Å². The molecule has 0 spiro atoms. The minimum Gasteiger partial charge on any atom is -0.318 e. The fraction of sp³-hybridized carbons (Fsp3) is 0.0667. The molecular formula is C15H12FN5O2. The first-order chi connectivity index (χ1) is 11.0. The van der Waals surface area contributed by atoms with Gasteiger partial charge in [0.25, 0.3) is 5.69 Å². The molecule has 3 N–H and O–H groups in total. The van der Waals surface area contributed by atoms with Crippen molar-refractivity contribution in [1.82, 2.24) is 15.2 Å². The number of non-ortho nitro benzene ring substituents is 1. The number of rotatable bonds is 4. The van der Waals surface area contributed by atoms with Crippen molar-refractivity contribution in [2.24, 2.45) is 5.73 Å². The molecule has 7 nitrogen and oxygen atoms in total. The lowest BCUT2D eigenvalue weighted by atomic mass is 10.1. The van der Waals surface area contributed by atoms with Gasteiger partial charge in [0, 0.05) is 17.7 Å². The molecule has 2 aromatic carbocycles. The number of benzene rings is 2. The van der Waals surface area contributed by atoms with Crippen molar-refractivity contribution in [3.05, 3.63) is 75.9 Å². The molecule has 1 atom stereocenters. The van der Waals surface area contributed by atoms with Crippen LogP contribution in [0.15, 0.2) is 48.5 Å². The summed E-state index contributed by atoms with van der Waals surface area (Å²) in [5.41, 5.74) is 7.39. The highest BCUT2D eigenvalue weighted by Crippen LogP contribution is 2.22. The number of nitro groups is 1. The van der Waals surface area contributed by atoms with Gasteiger partial charge in [-0.3, -0.25) is 15.2 Å². The molecule has 0 saturated carbocycles. The average molecular weight is 313 g/mol. The molecule has 1 aromatic heterocycles. The number of nitrogens with zero attached hydrogens (tertiary/aromatic N) is 3. The predicted octanol–water partition coefficient (Wildman–Crippen LogP) is 2.57. The van der Waals surface area contributed by atoms with Crippen LogP contribution in [0.25, 0.3) is 11.4 Å². The summed E-state index contributed by atoms with van der Waals surface area (Å²) in [6.45, 7) is 0. The number of nitrogens with one attached hydrogen (secondary N) is 1. The first kappa shape index (κ1) is 14.8. The zero-order valence-corrected chi connectivity index (χ0v) is 11.8. The molecule has 8 heteroatoms. The van der Waals surface area contributed by atoms with Crippen LogP contribution in [0.3, 0.4) is 0 Å². The molecule has 1 heterocycles. The largest absolute Gasteiger partial charge is 0.318 e. The van der Waals surface area contributed by atoms with Gasteiger partial charge in [0.1, 0.15) is 11.6 Å². The molecule has 0 aliphatic rings. The number of hydrogen-bond donors (Lipinski definition) is 2. The average Bonchev–Trinajstić information content (AvgIpc) is 3.05. The van der Waals surface area contributed by atoms with E-state index in [9.17, 15) is 14.5 Å². The van der Waals surface area contributed by atoms with E-state index in [1.165, 1.54) is 24.3 Å². The Labute approximate surface area is 130 Å². The van der Waals surface area contributed by atoms with E-state index in [1.807, 2.05) is 0 Å². The Bertz CT molecular complexity index is 830. The van der Waals surface area contributed by atoms with Gasteiger partial charge < -0.3 is 5.73 Å². The molecule has 0 bridgehead atoms. The number of hydrogen-bond acceptors (Lipinski definition) is 5. The summed E-state index contributed by atoms with van der Waals surface area (Å²) < 4.78 is 12.9. The number of nitro benzene ring substituents is 1. The first-order valence-electron chi connectivity index (χ1n) is 6.73. The van der Waals surface area contributed by atoms with Gasteiger partial charge in [-0.1, -0.05) is 12.1 Å². The summed E-state index contributed by atoms with van der Waals surface area (Å²) in [5, 5.41) is 17.5. The van der Waals surface area contributed by atoms with Gasteiger partial charge in [-0.25, -0.2) is 9.37 Å². The monoisotopic (exact) mass is 313 g/mol. The lowest BCUT2D eigenvalue weighted by Gasteiger charge is -2.07. The van der Waals surface area contributed by atoms with Gasteiger partial charge in [-0.05, 0) is 29.8 Å². The van der Waals surface area contributed by atoms with E-state index in [4.69, 9.17) is 5.73 Å². The Kier molecular flexibility index (Phi) is 3.82. The third kappa shape index (κ3) is 3.06. The van der Waals surface area contributed by atoms with Crippen LogP contribution < -0.4 is 5.73 Å². The zero-order valence-electron chi connectivity index (χ0n) is 11.8. The van der Waals surface area contributed by atoms with E-state index >= 15 is 0 Å². The van der Waals surface area contributed by atoms with Gasteiger partial charge in [-0.15, -0.1) is 0 Å². The maximum Gasteiger partial charge on any atom is 0.269 e. The summed E-state index contributed by atoms with van der Waals surface area (Å²) in [5.74, 6) is 0.461. The molecule has 23 heavy (non-hydrogen) atoms. The number of aromatic nitrogens is 3. The highest BCUT2D eigenvalue weighted by atomic mass is 19.1. The quantitative estimate of drug-likeness (QED) is 0.568. The Balaban J connectivity index is 1.84. The van der Waals surface area contributed by atoms with Crippen molar-refractivity contribution in [3.63, 3.8) is 0 Å². The first-order valence-corrected chi connectivity index (χ1v) is 6.73. The van der Waals surface area contributed by atoms with E-state index in [1.54, 1.807) is 24.3 Å². The lowest BCUT2D eigenvalue weighted by Crippen LogP contribution is -2.13. The summed E-state index contributed by atoms with van der Waals surface area (Å²) in [4.78, 5) is 14.5. The van der Waals surface area contributed by atoms with Crippen LogP contribution in [-0.4, -0.2) is 20.1 Å². The molecule has 0 radical (unpaired) electrons. The fourth-order valence-electron chi connectivity index (χ4n) is 2.10.